The summed E-state index contributed by atoms with van der Waals surface area (Å²) >= 11 is 0. The van der Waals surface area contributed by atoms with Crippen LogP contribution in [0.3, 0.4) is 0 Å². The maximum absolute atomic E-state index is 12.0. The van der Waals surface area contributed by atoms with E-state index in [0.29, 0.717) is 12.0 Å². The molecular formula is C16H19NO4. The van der Waals surface area contributed by atoms with Crippen molar-refractivity contribution in [2.24, 2.45) is 11.8 Å². The maximum Gasteiger partial charge on any atom is 0.308 e. The van der Waals surface area contributed by atoms with Crippen LogP contribution in [0.25, 0.3) is 11.0 Å². The van der Waals surface area contributed by atoms with Crippen LogP contribution in [0.5, 0.6) is 0 Å². The number of hydrogen-bond donors (Lipinski definition) is 2. The minimum absolute atomic E-state index is 0.101. The summed E-state index contributed by atoms with van der Waals surface area (Å²) < 4.78 is 5.44. The number of carboxylic acids is 1. The van der Waals surface area contributed by atoms with E-state index in [1.165, 1.54) is 0 Å². The van der Waals surface area contributed by atoms with E-state index in [9.17, 15) is 9.59 Å². The van der Waals surface area contributed by atoms with Gasteiger partial charge in [0.05, 0.1) is 5.92 Å². The first-order valence-corrected chi connectivity index (χ1v) is 6.97. The zero-order valence-electron chi connectivity index (χ0n) is 12.1. The highest BCUT2D eigenvalue weighted by molar-refractivity contribution is 5.96. The van der Waals surface area contributed by atoms with E-state index in [1.807, 2.05) is 32.0 Å². The Labute approximate surface area is 122 Å². The van der Waals surface area contributed by atoms with E-state index < -0.39 is 11.9 Å². The van der Waals surface area contributed by atoms with Gasteiger partial charge in [0.25, 0.3) is 5.91 Å². The average Bonchev–Trinajstić information content (AvgIpc) is 2.86. The van der Waals surface area contributed by atoms with Crippen LogP contribution in [0.4, 0.5) is 0 Å². The standard InChI is InChI=1S/C16H19NO4/c1-10(2)7-12(16(19)20)9-17-15(18)14-8-11-5-3-4-6-13(11)21-14/h3-6,8,10,12H,7,9H2,1-2H3,(H,17,18)(H,19,20). The second-order valence-corrected chi connectivity index (χ2v) is 5.52. The van der Waals surface area contributed by atoms with Gasteiger partial charge in [-0.2, -0.15) is 0 Å². The summed E-state index contributed by atoms with van der Waals surface area (Å²) in [5.41, 5.74) is 0.639. The van der Waals surface area contributed by atoms with Gasteiger partial charge in [0.15, 0.2) is 5.76 Å². The van der Waals surface area contributed by atoms with Gasteiger partial charge in [-0.25, -0.2) is 0 Å². The molecule has 21 heavy (non-hydrogen) atoms. The van der Waals surface area contributed by atoms with Crippen LogP contribution < -0.4 is 5.32 Å². The minimum atomic E-state index is -0.895. The second kappa shape index (κ2) is 6.43. The van der Waals surface area contributed by atoms with Crippen molar-refractivity contribution >= 4 is 22.8 Å². The molecule has 1 heterocycles. The number of carboxylic acid groups (broad SMARTS) is 1. The number of hydrogen-bond acceptors (Lipinski definition) is 3. The Kier molecular flexibility index (Phi) is 4.62. The number of rotatable bonds is 6. The number of amides is 1. The molecule has 0 aliphatic carbocycles. The summed E-state index contributed by atoms with van der Waals surface area (Å²) in [6, 6.07) is 8.99. The summed E-state index contributed by atoms with van der Waals surface area (Å²) in [7, 11) is 0. The molecular weight excluding hydrogens is 270 g/mol. The first-order valence-electron chi connectivity index (χ1n) is 6.97. The summed E-state index contributed by atoms with van der Waals surface area (Å²) in [6.07, 6.45) is 0.524. The molecule has 0 saturated heterocycles. The molecule has 5 heteroatoms. The van der Waals surface area contributed by atoms with Crippen molar-refractivity contribution in [3.63, 3.8) is 0 Å². The van der Waals surface area contributed by atoms with Crippen molar-refractivity contribution in [3.8, 4) is 0 Å². The molecule has 0 bridgehead atoms. The van der Waals surface area contributed by atoms with Crippen molar-refractivity contribution in [2.75, 3.05) is 6.54 Å². The lowest BCUT2D eigenvalue weighted by molar-refractivity contribution is -0.142. The predicted molar refractivity (Wildman–Crippen MR) is 79.1 cm³/mol. The van der Waals surface area contributed by atoms with Crippen LogP contribution in [0.2, 0.25) is 0 Å². The maximum atomic E-state index is 12.0. The summed E-state index contributed by atoms with van der Waals surface area (Å²) in [4.78, 5) is 23.2. The van der Waals surface area contributed by atoms with Gasteiger partial charge < -0.3 is 14.8 Å². The van der Waals surface area contributed by atoms with Crippen LogP contribution in [0, 0.1) is 11.8 Å². The molecule has 1 amide bonds. The Morgan fingerprint density at radius 1 is 1.29 bits per heavy atom. The molecule has 2 N–H and O–H groups in total. The van der Waals surface area contributed by atoms with Crippen LogP contribution in [0.15, 0.2) is 34.7 Å². The molecule has 5 nitrogen and oxygen atoms in total. The zero-order chi connectivity index (χ0) is 15.4. The number of fused-ring (bicyclic) bond motifs is 1. The highest BCUT2D eigenvalue weighted by atomic mass is 16.4. The zero-order valence-corrected chi connectivity index (χ0v) is 12.1. The molecule has 1 aromatic heterocycles. The molecule has 0 spiro atoms. The SMILES string of the molecule is CC(C)CC(CNC(=O)c1cc2ccccc2o1)C(=O)O. The fourth-order valence-corrected chi connectivity index (χ4v) is 2.24. The normalized spacial score (nSPS) is 12.5. The summed E-state index contributed by atoms with van der Waals surface area (Å²) in [5, 5.41) is 12.6. The summed E-state index contributed by atoms with van der Waals surface area (Å²) in [6.45, 7) is 4.01. The number of carbonyl (C=O) groups excluding carboxylic acids is 1. The number of furan rings is 1. The largest absolute Gasteiger partial charge is 0.481 e. The molecule has 0 fully saturated rings. The Morgan fingerprint density at radius 2 is 2.00 bits per heavy atom. The molecule has 0 radical (unpaired) electrons. The molecule has 0 aliphatic heterocycles. The van der Waals surface area contributed by atoms with E-state index >= 15 is 0 Å². The quantitative estimate of drug-likeness (QED) is 0.857. The lowest BCUT2D eigenvalue weighted by Gasteiger charge is -2.14. The number of aliphatic carboxylic acids is 1. The van der Waals surface area contributed by atoms with Crippen molar-refractivity contribution in [1.82, 2.24) is 5.32 Å². The van der Waals surface area contributed by atoms with Crippen LogP contribution in [-0.4, -0.2) is 23.5 Å². The van der Waals surface area contributed by atoms with Gasteiger partial charge in [-0.05, 0) is 24.5 Å². The molecule has 0 aliphatic rings. The van der Waals surface area contributed by atoms with E-state index in [0.717, 1.165) is 5.39 Å². The lowest BCUT2D eigenvalue weighted by Crippen LogP contribution is -2.33. The first-order chi connectivity index (χ1) is 9.97. The number of carbonyl (C=O) groups is 2. The van der Waals surface area contributed by atoms with Gasteiger partial charge >= 0.3 is 5.97 Å². The third-order valence-electron chi connectivity index (χ3n) is 3.26. The Bertz CT molecular complexity index is 612. The Hall–Kier alpha value is -2.30. The van der Waals surface area contributed by atoms with Crippen molar-refractivity contribution in [2.45, 2.75) is 20.3 Å². The molecule has 112 valence electrons. The van der Waals surface area contributed by atoms with E-state index in [-0.39, 0.29) is 24.1 Å². The third kappa shape index (κ3) is 3.84. The van der Waals surface area contributed by atoms with Crippen molar-refractivity contribution in [1.29, 1.82) is 0 Å². The van der Waals surface area contributed by atoms with Crippen LogP contribution >= 0.6 is 0 Å². The number of para-hydroxylation sites is 1. The van der Waals surface area contributed by atoms with Gasteiger partial charge in [0, 0.05) is 11.9 Å². The second-order valence-electron chi connectivity index (χ2n) is 5.52. The molecule has 2 aromatic rings. The molecule has 1 atom stereocenters. The highest BCUT2D eigenvalue weighted by Crippen LogP contribution is 2.19. The van der Waals surface area contributed by atoms with Crippen LogP contribution in [0.1, 0.15) is 30.8 Å². The van der Waals surface area contributed by atoms with Crippen molar-refractivity contribution < 1.29 is 19.1 Å². The van der Waals surface area contributed by atoms with E-state index in [2.05, 4.69) is 5.32 Å². The number of benzene rings is 1. The Balaban J connectivity index is 2.01. The average molecular weight is 289 g/mol. The topological polar surface area (TPSA) is 79.5 Å². The number of nitrogens with one attached hydrogen (secondary N) is 1. The fraction of sp³-hybridized carbons (Fsp3) is 0.375. The Morgan fingerprint density at radius 3 is 2.62 bits per heavy atom. The fourth-order valence-electron chi connectivity index (χ4n) is 2.24. The third-order valence-corrected chi connectivity index (χ3v) is 3.26. The lowest BCUT2D eigenvalue weighted by atomic mass is 9.97. The van der Waals surface area contributed by atoms with Gasteiger partial charge in [-0.15, -0.1) is 0 Å². The van der Waals surface area contributed by atoms with Crippen LogP contribution in [-0.2, 0) is 4.79 Å². The van der Waals surface area contributed by atoms with E-state index in [4.69, 9.17) is 9.52 Å². The molecule has 2 rings (SSSR count). The predicted octanol–water partition coefficient (Wildman–Crippen LogP) is 2.91. The molecule has 1 unspecified atom stereocenters. The first kappa shape index (κ1) is 15.1. The highest BCUT2D eigenvalue weighted by Gasteiger charge is 2.21. The van der Waals surface area contributed by atoms with E-state index in [1.54, 1.807) is 12.1 Å². The van der Waals surface area contributed by atoms with Gasteiger partial charge in [0.2, 0.25) is 0 Å². The smallest absolute Gasteiger partial charge is 0.308 e. The van der Waals surface area contributed by atoms with Gasteiger partial charge in [-0.3, -0.25) is 9.59 Å². The minimum Gasteiger partial charge on any atom is -0.481 e. The van der Waals surface area contributed by atoms with Crippen molar-refractivity contribution in [3.05, 3.63) is 36.1 Å². The van der Waals surface area contributed by atoms with Gasteiger partial charge in [0.1, 0.15) is 5.58 Å². The van der Waals surface area contributed by atoms with Gasteiger partial charge in [-0.1, -0.05) is 32.0 Å². The molecule has 1 aromatic carbocycles. The summed E-state index contributed by atoms with van der Waals surface area (Å²) in [5.74, 6) is -1.41. The molecule has 0 saturated carbocycles. The monoisotopic (exact) mass is 289 g/mol.